The normalized spacial score (nSPS) is 20.1. The predicted molar refractivity (Wildman–Crippen MR) is 70.4 cm³/mol. The van der Waals surface area contributed by atoms with Gasteiger partial charge < -0.3 is 4.74 Å². The van der Waals surface area contributed by atoms with Crippen molar-refractivity contribution in [3.63, 3.8) is 0 Å². The van der Waals surface area contributed by atoms with Crippen LogP contribution in [0.15, 0.2) is 29.2 Å². The quantitative estimate of drug-likeness (QED) is 0.792. The largest absolute Gasteiger partial charge is 0.468 e. The Balaban J connectivity index is 2.40. The van der Waals surface area contributed by atoms with Crippen molar-refractivity contribution in [1.82, 2.24) is 4.31 Å². The SMILES string of the molecule is COC(=O)C1CCCN1S(=O)(=O)c1cccc(C(F)(F)F)c1. The molecule has 5 nitrogen and oxygen atoms in total. The predicted octanol–water partition coefficient (Wildman–Crippen LogP) is 2.03. The summed E-state index contributed by atoms with van der Waals surface area (Å²) in [6, 6.07) is 2.48. The van der Waals surface area contributed by atoms with Crippen LogP contribution in [0.1, 0.15) is 18.4 Å². The molecular formula is C13H14F3NO4S. The van der Waals surface area contributed by atoms with E-state index in [0.717, 1.165) is 29.6 Å². The van der Waals surface area contributed by atoms with Crippen LogP contribution in [0.25, 0.3) is 0 Å². The van der Waals surface area contributed by atoms with Crippen molar-refractivity contribution >= 4 is 16.0 Å². The van der Waals surface area contributed by atoms with Gasteiger partial charge in [-0.15, -0.1) is 0 Å². The highest BCUT2D eigenvalue weighted by Crippen LogP contribution is 2.32. The lowest BCUT2D eigenvalue weighted by Gasteiger charge is -2.22. The Hall–Kier alpha value is -1.61. The van der Waals surface area contributed by atoms with Gasteiger partial charge in [0.25, 0.3) is 0 Å². The molecule has 122 valence electrons. The van der Waals surface area contributed by atoms with Gasteiger partial charge in [0.1, 0.15) is 6.04 Å². The molecule has 1 unspecified atom stereocenters. The van der Waals surface area contributed by atoms with Gasteiger partial charge in [-0.25, -0.2) is 8.42 Å². The van der Waals surface area contributed by atoms with E-state index >= 15 is 0 Å². The van der Waals surface area contributed by atoms with Gasteiger partial charge in [0.2, 0.25) is 10.0 Å². The van der Waals surface area contributed by atoms with Crippen LogP contribution in [0.2, 0.25) is 0 Å². The monoisotopic (exact) mass is 337 g/mol. The average molecular weight is 337 g/mol. The second-order valence-corrected chi connectivity index (χ2v) is 6.71. The van der Waals surface area contributed by atoms with E-state index in [1.165, 1.54) is 0 Å². The molecule has 0 N–H and O–H groups in total. The fraction of sp³-hybridized carbons (Fsp3) is 0.462. The van der Waals surface area contributed by atoms with Crippen LogP contribution in [-0.4, -0.2) is 38.4 Å². The number of carbonyl (C=O) groups excluding carboxylic acids is 1. The molecule has 0 amide bonds. The van der Waals surface area contributed by atoms with E-state index < -0.39 is 38.7 Å². The summed E-state index contributed by atoms with van der Waals surface area (Å²) in [5.41, 5.74) is -1.05. The fourth-order valence-corrected chi connectivity index (χ4v) is 4.06. The van der Waals surface area contributed by atoms with Gasteiger partial charge in [0.15, 0.2) is 0 Å². The van der Waals surface area contributed by atoms with Crippen molar-refractivity contribution in [1.29, 1.82) is 0 Å². The van der Waals surface area contributed by atoms with Gasteiger partial charge in [-0.05, 0) is 31.0 Å². The summed E-state index contributed by atoms with van der Waals surface area (Å²) in [4.78, 5) is 11.1. The highest BCUT2D eigenvalue weighted by Gasteiger charge is 2.41. The summed E-state index contributed by atoms with van der Waals surface area (Å²) in [5, 5.41) is 0. The van der Waals surface area contributed by atoms with Crippen molar-refractivity contribution in [3.8, 4) is 0 Å². The molecule has 1 saturated heterocycles. The summed E-state index contributed by atoms with van der Waals surface area (Å²) in [5.74, 6) is -0.715. The van der Waals surface area contributed by atoms with Crippen LogP contribution < -0.4 is 0 Å². The third kappa shape index (κ3) is 3.09. The summed E-state index contributed by atoms with van der Waals surface area (Å²) in [6.07, 6.45) is -3.92. The number of rotatable bonds is 3. The Labute approximate surface area is 125 Å². The second kappa shape index (κ2) is 5.88. The van der Waals surface area contributed by atoms with Crippen LogP contribution in [0, 0.1) is 0 Å². The first-order valence-electron chi connectivity index (χ1n) is 6.45. The zero-order valence-corrected chi connectivity index (χ0v) is 12.4. The number of halogens is 3. The van der Waals surface area contributed by atoms with Crippen LogP contribution >= 0.6 is 0 Å². The zero-order valence-electron chi connectivity index (χ0n) is 11.6. The number of ether oxygens (including phenoxy) is 1. The topological polar surface area (TPSA) is 63.7 Å². The summed E-state index contributed by atoms with van der Waals surface area (Å²) >= 11 is 0. The molecular weight excluding hydrogens is 323 g/mol. The molecule has 1 aromatic carbocycles. The maximum atomic E-state index is 12.7. The number of methoxy groups -OCH3 is 1. The van der Waals surface area contributed by atoms with Crippen molar-refractivity contribution in [3.05, 3.63) is 29.8 Å². The molecule has 1 fully saturated rings. The second-order valence-electron chi connectivity index (χ2n) is 4.82. The van der Waals surface area contributed by atoms with Crippen LogP contribution in [-0.2, 0) is 25.7 Å². The van der Waals surface area contributed by atoms with E-state index in [-0.39, 0.29) is 13.0 Å². The van der Waals surface area contributed by atoms with Gasteiger partial charge in [0, 0.05) is 6.54 Å². The average Bonchev–Trinajstić information content (AvgIpc) is 2.96. The molecule has 1 heterocycles. The molecule has 9 heteroatoms. The lowest BCUT2D eigenvalue weighted by atomic mass is 10.2. The molecule has 1 aliphatic rings. The minimum absolute atomic E-state index is 0.0678. The van der Waals surface area contributed by atoms with E-state index in [1.807, 2.05) is 0 Å². The van der Waals surface area contributed by atoms with Crippen molar-refractivity contribution in [2.45, 2.75) is 30.0 Å². The minimum Gasteiger partial charge on any atom is -0.468 e. The first-order chi connectivity index (χ1) is 10.2. The fourth-order valence-electron chi connectivity index (χ4n) is 2.37. The van der Waals surface area contributed by atoms with E-state index in [9.17, 15) is 26.4 Å². The first-order valence-corrected chi connectivity index (χ1v) is 7.89. The standard InChI is InChI=1S/C13H14F3NO4S/c1-21-12(18)11-6-3-7-17(11)22(19,20)10-5-2-4-9(8-10)13(14,15)16/h2,4-5,8,11H,3,6-7H2,1H3. The molecule has 0 aliphatic carbocycles. The molecule has 1 atom stereocenters. The summed E-state index contributed by atoms with van der Waals surface area (Å²) in [6.45, 7) is 0.0678. The third-order valence-electron chi connectivity index (χ3n) is 3.44. The number of hydrogen-bond donors (Lipinski definition) is 0. The van der Waals surface area contributed by atoms with E-state index in [4.69, 9.17) is 0 Å². The van der Waals surface area contributed by atoms with Gasteiger partial charge in [0.05, 0.1) is 17.6 Å². The van der Waals surface area contributed by atoms with E-state index in [2.05, 4.69) is 4.74 Å². The molecule has 0 radical (unpaired) electrons. The van der Waals surface area contributed by atoms with Crippen molar-refractivity contribution in [2.75, 3.05) is 13.7 Å². The zero-order chi connectivity index (χ0) is 16.5. The Morgan fingerprint density at radius 2 is 2.05 bits per heavy atom. The van der Waals surface area contributed by atoms with Crippen molar-refractivity contribution < 1.29 is 31.1 Å². The number of carbonyl (C=O) groups is 1. The van der Waals surface area contributed by atoms with Gasteiger partial charge in [-0.2, -0.15) is 17.5 Å². The van der Waals surface area contributed by atoms with Gasteiger partial charge >= 0.3 is 12.1 Å². The first kappa shape index (κ1) is 16.8. The van der Waals surface area contributed by atoms with Crippen molar-refractivity contribution in [2.24, 2.45) is 0 Å². The Bertz CT molecular complexity index is 672. The highest BCUT2D eigenvalue weighted by molar-refractivity contribution is 7.89. The van der Waals surface area contributed by atoms with Crippen LogP contribution in [0.3, 0.4) is 0 Å². The smallest absolute Gasteiger partial charge is 0.416 e. The van der Waals surface area contributed by atoms with Crippen LogP contribution in [0.4, 0.5) is 13.2 Å². The Morgan fingerprint density at radius 1 is 1.36 bits per heavy atom. The summed E-state index contributed by atoms with van der Waals surface area (Å²) in [7, 11) is -3.06. The molecule has 0 bridgehead atoms. The highest BCUT2D eigenvalue weighted by atomic mass is 32.2. The maximum Gasteiger partial charge on any atom is 0.416 e. The molecule has 2 rings (SSSR count). The molecule has 1 aliphatic heterocycles. The van der Waals surface area contributed by atoms with Gasteiger partial charge in [-0.1, -0.05) is 6.07 Å². The minimum atomic E-state index is -4.64. The Kier molecular flexibility index (Phi) is 4.48. The van der Waals surface area contributed by atoms with Crippen LogP contribution in [0.5, 0.6) is 0 Å². The molecule has 0 saturated carbocycles. The summed E-state index contributed by atoms with van der Waals surface area (Å²) < 4.78 is 68.6. The number of esters is 1. The number of benzene rings is 1. The molecule has 0 aromatic heterocycles. The molecule has 22 heavy (non-hydrogen) atoms. The van der Waals surface area contributed by atoms with Gasteiger partial charge in [-0.3, -0.25) is 4.79 Å². The molecule has 0 spiro atoms. The van der Waals surface area contributed by atoms with E-state index in [0.29, 0.717) is 12.5 Å². The lowest BCUT2D eigenvalue weighted by Crippen LogP contribution is -2.41. The number of sulfonamides is 1. The Morgan fingerprint density at radius 3 is 2.64 bits per heavy atom. The van der Waals surface area contributed by atoms with E-state index in [1.54, 1.807) is 0 Å². The molecule has 1 aromatic rings. The number of hydrogen-bond acceptors (Lipinski definition) is 4. The third-order valence-corrected chi connectivity index (χ3v) is 5.35. The number of alkyl halides is 3. The number of nitrogens with zero attached hydrogens (tertiary/aromatic N) is 1. The maximum absolute atomic E-state index is 12.7. The lowest BCUT2D eigenvalue weighted by molar-refractivity contribution is -0.144.